The van der Waals surface area contributed by atoms with E-state index in [1.165, 1.54) is 6.07 Å². The number of ether oxygens (including phenoxy) is 2. The number of nitro benzene ring substituents is 1. The Balaban J connectivity index is 2.95. The van der Waals surface area contributed by atoms with Gasteiger partial charge in [0.15, 0.2) is 0 Å². The van der Waals surface area contributed by atoms with Gasteiger partial charge in [-0.2, -0.15) is 0 Å². The molecule has 0 amide bonds. The molecule has 23 heavy (non-hydrogen) atoms. The number of hydrogen-bond acceptors (Lipinski definition) is 6. The Kier molecular flexibility index (Phi) is 7.73. The van der Waals surface area contributed by atoms with Gasteiger partial charge in [-0.25, -0.2) is 9.59 Å². The largest absolute Gasteiger partial charge is 0.462 e. The lowest BCUT2D eigenvalue weighted by Gasteiger charge is -2.07. The van der Waals surface area contributed by atoms with Gasteiger partial charge in [0.1, 0.15) is 0 Å². The first-order chi connectivity index (χ1) is 11.0. The Hall–Kier alpha value is -2.44. The van der Waals surface area contributed by atoms with Gasteiger partial charge in [-0.3, -0.25) is 10.1 Å². The fourth-order valence-electron chi connectivity index (χ4n) is 1.74. The third kappa shape index (κ3) is 6.06. The van der Waals surface area contributed by atoms with Crippen LogP contribution in [-0.2, 0) is 9.47 Å². The summed E-state index contributed by atoms with van der Waals surface area (Å²) in [4.78, 5) is 34.2. The summed E-state index contributed by atoms with van der Waals surface area (Å²) in [7, 11) is 0. The topological polar surface area (TPSA) is 95.7 Å². The third-order valence-electron chi connectivity index (χ3n) is 3.06. The van der Waals surface area contributed by atoms with Crippen molar-refractivity contribution in [2.24, 2.45) is 0 Å². The summed E-state index contributed by atoms with van der Waals surface area (Å²) in [5.41, 5.74) is -0.409. The fraction of sp³-hybridized carbons (Fsp3) is 0.500. The molecule has 0 aliphatic heterocycles. The molecule has 0 aromatic heterocycles. The van der Waals surface area contributed by atoms with Crippen molar-refractivity contribution in [3.8, 4) is 0 Å². The van der Waals surface area contributed by atoms with Crippen LogP contribution in [0.1, 0.15) is 60.2 Å². The molecule has 7 nitrogen and oxygen atoms in total. The van der Waals surface area contributed by atoms with Gasteiger partial charge in [-0.1, -0.05) is 26.7 Å². The molecule has 0 bridgehead atoms. The van der Waals surface area contributed by atoms with Crippen LogP contribution in [0.15, 0.2) is 18.2 Å². The summed E-state index contributed by atoms with van der Waals surface area (Å²) >= 11 is 0. The van der Waals surface area contributed by atoms with Crippen LogP contribution in [0.4, 0.5) is 5.69 Å². The second-order valence-corrected chi connectivity index (χ2v) is 5.00. The minimum atomic E-state index is -0.690. The van der Waals surface area contributed by atoms with E-state index < -0.39 is 16.9 Å². The summed E-state index contributed by atoms with van der Waals surface area (Å²) in [6, 6.07) is 3.45. The molecule has 0 saturated heterocycles. The van der Waals surface area contributed by atoms with Crippen molar-refractivity contribution in [3.63, 3.8) is 0 Å². The molecule has 1 aromatic rings. The van der Waals surface area contributed by atoms with Crippen molar-refractivity contribution in [2.75, 3.05) is 13.2 Å². The first-order valence-electron chi connectivity index (χ1n) is 7.63. The smallest absolute Gasteiger partial charge is 0.338 e. The van der Waals surface area contributed by atoms with E-state index in [0.29, 0.717) is 12.8 Å². The van der Waals surface area contributed by atoms with Crippen LogP contribution >= 0.6 is 0 Å². The van der Waals surface area contributed by atoms with E-state index in [1.807, 2.05) is 13.8 Å². The zero-order chi connectivity index (χ0) is 17.2. The lowest BCUT2D eigenvalue weighted by Crippen LogP contribution is -2.11. The molecule has 0 heterocycles. The molecule has 1 aromatic carbocycles. The quantitative estimate of drug-likeness (QED) is 0.299. The van der Waals surface area contributed by atoms with Crippen LogP contribution in [0.25, 0.3) is 0 Å². The Labute approximate surface area is 134 Å². The predicted octanol–water partition coefficient (Wildman–Crippen LogP) is 3.51. The van der Waals surface area contributed by atoms with Gasteiger partial charge in [0.2, 0.25) is 0 Å². The van der Waals surface area contributed by atoms with Gasteiger partial charge in [0, 0.05) is 12.1 Å². The molecule has 0 fully saturated rings. The molecule has 1 rings (SSSR count). The van der Waals surface area contributed by atoms with Crippen LogP contribution < -0.4 is 0 Å². The van der Waals surface area contributed by atoms with Crippen molar-refractivity contribution in [1.29, 1.82) is 0 Å². The first-order valence-corrected chi connectivity index (χ1v) is 7.63. The lowest BCUT2D eigenvalue weighted by atomic mass is 10.1. The maximum atomic E-state index is 11.9. The highest BCUT2D eigenvalue weighted by atomic mass is 16.6. The van der Waals surface area contributed by atoms with Gasteiger partial charge in [-0.15, -0.1) is 0 Å². The maximum absolute atomic E-state index is 11.9. The van der Waals surface area contributed by atoms with Gasteiger partial charge >= 0.3 is 11.9 Å². The molecule has 0 aliphatic rings. The van der Waals surface area contributed by atoms with Gasteiger partial charge in [0.05, 0.1) is 29.3 Å². The second-order valence-electron chi connectivity index (χ2n) is 5.00. The number of nitrogens with zero attached hydrogens (tertiary/aromatic N) is 1. The Bertz CT molecular complexity index is 529. The van der Waals surface area contributed by atoms with Gasteiger partial charge in [-0.05, 0) is 18.9 Å². The van der Waals surface area contributed by atoms with E-state index >= 15 is 0 Å². The fourth-order valence-corrected chi connectivity index (χ4v) is 1.74. The van der Waals surface area contributed by atoms with Crippen molar-refractivity contribution >= 4 is 17.6 Å². The number of esters is 2. The van der Waals surface area contributed by atoms with E-state index in [-0.39, 0.29) is 30.0 Å². The molecule has 0 aliphatic carbocycles. The molecule has 0 N–H and O–H groups in total. The molecule has 0 saturated carbocycles. The average Bonchev–Trinajstić information content (AvgIpc) is 2.54. The number of rotatable bonds is 9. The van der Waals surface area contributed by atoms with E-state index in [0.717, 1.165) is 25.0 Å². The number of benzene rings is 1. The number of nitro groups is 1. The third-order valence-corrected chi connectivity index (χ3v) is 3.06. The van der Waals surface area contributed by atoms with Crippen LogP contribution in [0.5, 0.6) is 0 Å². The van der Waals surface area contributed by atoms with Crippen molar-refractivity contribution in [2.45, 2.75) is 39.5 Å². The van der Waals surface area contributed by atoms with Crippen LogP contribution in [0, 0.1) is 10.1 Å². The molecule has 0 atom stereocenters. The monoisotopic (exact) mass is 323 g/mol. The number of non-ortho nitro benzene ring substituents is 1. The van der Waals surface area contributed by atoms with E-state index in [4.69, 9.17) is 9.47 Å². The molecule has 0 spiro atoms. The minimum absolute atomic E-state index is 0.0299. The maximum Gasteiger partial charge on any atom is 0.338 e. The van der Waals surface area contributed by atoms with E-state index in [2.05, 4.69) is 0 Å². The standard InChI is InChI=1S/C16H21NO6/c1-3-5-7-22-15(18)12-9-13(11-14(10-12)17(20)21)16(19)23-8-6-4-2/h9-11H,3-8H2,1-2H3. The van der Waals surface area contributed by atoms with E-state index in [1.54, 1.807) is 0 Å². The van der Waals surface area contributed by atoms with Crippen molar-refractivity contribution < 1.29 is 24.0 Å². The Morgan fingerprint density at radius 3 is 1.74 bits per heavy atom. The number of carbonyl (C=O) groups is 2. The van der Waals surface area contributed by atoms with E-state index in [9.17, 15) is 19.7 Å². The van der Waals surface area contributed by atoms with Crippen LogP contribution in [0.3, 0.4) is 0 Å². The zero-order valence-corrected chi connectivity index (χ0v) is 13.4. The SMILES string of the molecule is CCCCOC(=O)c1cc(C(=O)OCCCC)cc([N+](=O)[O-])c1. The first kappa shape index (κ1) is 18.6. The zero-order valence-electron chi connectivity index (χ0n) is 13.4. The van der Waals surface area contributed by atoms with Gasteiger partial charge < -0.3 is 9.47 Å². The highest BCUT2D eigenvalue weighted by Gasteiger charge is 2.19. The molecule has 126 valence electrons. The molecule has 0 radical (unpaired) electrons. The Morgan fingerprint density at radius 1 is 0.957 bits per heavy atom. The summed E-state index contributed by atoms with van der Waals surface area (Å²) in [6.07, 6.45) is 3.12. The van der Waals surface area contributed by atoms with Crippen molar-refractivity contribution in [1.82, 2.24) is 0 Å². The average molecular weight is 323 g/mol. The summed E-state index contributed by atoms with van der Waals surface area (Å²) < 4.78 is 10.0. The highest BCUT2D eigenvalue weighted by molar-refractivity contribution is 5.96. The molecule has 7 heteroatoms. The number of hydrogen-bond donors (Lipinski definition) is 0. The summed E-state index contributed by atoms with van der Waals surface area (Å²) in [5.74, 6) is -1.38. The lowest BCUT2D eigenvalue weighted by molar-refractivity contribution is -0.384. The number of carbonyl (C=O) groups excluding carboxylic acids is 2. The van der Waals surface area contributed by atoms with Crippen LogP contribution in [-0.4, -0.2) is 30.1 Å². The minimum Gasteiger partial charge on any atom is -0.462 e. The van der Waals surface area contributed by atoms with Crippen LogP contribution in [0.2, 0.25) is 0 Å². The normalized spacial score (nSPS) is 10.2. The molecular weight excluding hydrogens is 302 g/mol. The van der Waals surface area contributed by atoms with Crippen molar-refractivity contribution in [3.05, 3.63) is 39.4 Å². The number of unbranched alkanes of at least 4 members (excludes halogenated alkanes) is 2. The second kappa shape index (κ2) is 9.55. The molecular formula is C16H21NO6. The Morgan fingerprint density at radius 2 is 1.39 bits per heavy atom. The predicted molar refractivity (Wildman–Crippen MR) is 83.5 cm³/mol. The highest BCUT2D eigenvalue weighted by Crippen LogP contribution is 2.19. The van der Waals surface area contributed by atoms with Gasteiger partial charge in [0.25, 0.3) is 5.69 Å². The molecule has 0 unspecified atom stereocenters. The summed E-state index contributed by atoms with van der Waals surface area (Å²) in [6.45, 7) is 4.36. The summed E-state index contributed by atoms with van der Waals surface area (Å²) in [5, 5.41) is 11.0.